The SMILES string of the molecule is CCCCCCC(CC)CC(C)CC(C)CCC. The second-order valence-electron chi connectivity index (χ2n) is 6.59. The van der Waals surface area contributed by atoms with Crippen molar-refractivity contribution in [2.24, 2.45) is 17.8 Å². The lowest BCUT2D eigenvalue weighted by molar-refractivity contribution is 0.300. The van der Waals surface area contributed by atoms with E-state index in [0.29, 0.717) is 0 Å². The van der Waals surface area contributed by atoms with Crippen molar-refractivity contribution in [3.05, 3.63) is 0 Å². The van der Waals surface area contributed by atoms with Crippen molar-refractivity contribution in [3.63, 3.8) is 0 Å². The minimum absolute atomic E-state index is 0.933. The maximum absolute atomic E-state index is 2.47. The maximum Gasteiger partial charge on any atom is -0.0414 e. The van der Waals surface area contributed by atoms with E-state index in [9.17, 15) is 0 Å². The Morgan fingerprint density at radius 3 is 1.94 bits per heavy atom. The van der Waals surface area contributed by atoms with Crippen LogP contribution in [0.2, 0.25) is 0 Å². The summed E-state index contributed by atoms with van der Waals surface area (Å²) in [6.45, 7) is 11.9. The average molecular weight is 255 g/mol. The molecule has 0 saturated carbocycles. The van der Waals surface area contributed by atoms with Gasteiger partial charge in [-0.05, 0) is 30.6 Å². The molecule has 0 heteroatoms. The van der Waals surface area contributed by atoms with Crippen LogP contribution >= 0.6 is 0 Å². The van der Waals surface area contributed by atoms with Crippen LogP contribution in [0.15, 0.2) is 0 Å². The molecule has 0 fully saturated rings. The van der Waals surface area contributed by atoms with E-state index in [1.54, 1.807) is 0 Å². The average Bonchev–Trinajstić information content (AvgIpc) is 2.33. The van der Waals surface area contributed by atoms with E-state index in [1.165, 1.54) is 64.2 Å². The Morgan fingerprint density at radius 1 is 0.667 bits per heavy atom. The molecule has 0 N–H and O–H groups in total. The number of rotatable bonds is 12. The highest BCUT2D eigenvalue weighted by Crippen LogP contribution is 2.27. The van der Waals surface area contributed by atoms with Crippen LogP contribution in [-0.4, -0.2) is 0 Å². The van der Waals surface area contributed by atoms with E-state index >= 15 is 0 Å². The van der Waals surface area contributed by atoms with E-state index < -0.39 is 0 Å². The Kier molecular flexibility index (Phi) is 12.1. The minimum atomic E-state index is 0.933. The van der Waals surface area contributed by atoms with Crippen molar-refractivity contribution in [3.8, 4) is 0 Å². The molecule has 0 amide bonds. The van der Waals surface area contributed by atoms with Gasteiger partial charge in [-0.3, -0.25) is 0 Å². The van der Waals surface area contributed by atoms with Gasteiger partial charge in [0.15, 0.2) is 0 Å². The third kappa shape index (κ3) is 9.97. The van der Waals surface area contributed by atoms with Gasteiger partial charge >= 0.3 is 0 Å². The first-order chi connectivity index (χ1) is 8.63. The molecule has 0 bridgehead atoms. The molecule has 3 unspecified atom stereocenters. The third-order valence-corrected chi connectivity index (χ3v) is 4.37. The van der Waals surface area contributed by atoms with Gasteiger partial charge in [-0.15, -0.1) is 0 Å². The molecule has 110 valence electrons. The third-order valence-electron chi connectivity index (χ3n) is 4.37. The molecule has 0 aromatic carbocycles. The molecule has 0 heterocycles. The van der Waals surface area contributed by atoms with Crippen LogP contribution < -0.4 is 0 Å². The summed E-state index contributed by atoms with van der Waals surface area (Å²) in [5, 5.41) is 0. The fourth-order valence-corrected chi connectivity index (χ4v) is 3.31. The van der Waals surface area contributed by atoms with E-state index in [2.05, 4.69) is 34.6 Å². The van der Waals surface area contributed by atoms with Crippen molar-refractivity contribution in [2.75, 3.05) is 0 Å². The highest BCUT2D eigenvalue weighted by molar-refractivity contribution is 4.66. The normalized spacial score (nSPS) is 16.5. The predicted molar refractivity (Wildman–Crippen MR) is 85.0 cm³/mol. The highest BCUT2D eigenvalue weighted by atomic mass is 14.2. The molecule has 18 heavy (non-hydrogen) atoms. The summed E-state index contributed by atoms with van der Waals surface area (Å²) in [6, 6.07) is 0. The van der Waals surface area contributed by atoms with Gasteiger partial charge in [-0.1, -0.05) is 86.0 Å². The first-order valence-corrected chi connectivity index (χ1v) is 8.63. The molecule has 0 aliphatic heterocycles. The largest absolute Gasteiger partial charge is 0.0654 e. The van der Waals surface area contributed by atoms with Gasteiger partial charge in [0.1, 0.15) is 0 Å². The Hall–Kier alpha value is 0. The Bertz CT molecular complexity index is 161. The fraction of sp³-hybridized carbons (Fsp3) is 1.00. The van der Waals surface area contributed by atoms with Crippen molar-refractivity contribution in [1.82, 2.24) is 0 Å². The molecule has 0 saturated heterocycles. The van der Waals surface area contributed by atoms with Gasteiger partial charge in [-0.25, -0.2) is 0 Å². The summed E-state index contributed by atoms with van der Waals surface area (Å²) in [6.07, 6.45) is 14.2. The van der Waals surface area contributed by atoms with Crippen LogP contribution in [0.3, 0.4) is 0 Å². The van der Waals surface area contributed by atoms with Crippen LogP contribution in [0, 0.1) is 17.8 Å². The van der Waals surface area contributed by atoms with Crippen molar-refractivity contribution < 1.29 is 0 Å². The summed E-state index contributed by atoms with van der Waals surface area (Å²) in [7, 11) is 0. The van der Waals surface area contributed by atoms with Gasteiger partial charge < -0.3 is 0 Å². The lowest BCUT2D eigenvalue weighted by Crippen LogP contribution is -2.09. The molecule has 3 atom stereocenters. The Morgan fingerprint density at radius 2 is 1.39 bits per heavy atom. The summed E-state index contributed by atoms with van der Waals surface area (Å²) < 4.78 is 0. The van der Waals surface area contributed by atoms with E-state index in [1.807, 2.05) is 0 Å². The molecule has 0 spiro atoms. The standard InChI is InChI=1S/C18H38/c1-6-9-10-11-13-18(8-3)15-17(5)14-16(4)12-7-2/h16-18H,6-15H2,1-5H3. The van der Waals surface area contributed by atoms with Crippen LogP contribution in [0.1, 0.15) is 98.8 Å². The topological polar surface area (TPSA) is 0 Å². The van der Waals surface area contributed by atoms with E-state index in [4.69, 9.17) is 0 Å². The minimum Gasteiger partial charge on any atom is -0.0654 e. The number of hydrogen-bond donors (Lipinski definition) is 0. The molecule has 0 rings (SSSR count). The van der Waals surface area contributed by atoms with E-state index in [-0.39, 0.29) is 0 Å². The first kappa shape index (κ1) is 18.0. The Labute approximate surface area is 117 Å². The lowest BCUT2D eigenvalue weighted by atomic mass is 9.84. The summed E-state index contributed by atoms with van der Waals surface area (Å²) in [4.78, 5) is 0. The highest BCUT2D eigenvalue weighted by Gasteiger charge is 2.13. The molecule has 0 nitrogen and oxygen atoms in total. The molecular formula is C18H38. The number of unbranched alkanes of at least 4 members (excludes halogenated alkanes) is 3. The lowest BCUT2D eigenvalue weighted by Gasteiger charge is -2.22. The zero-order chi connectivity index (χ0) is 13.8. The van der Waals surface area contributed by atoms with E-state index in [0.717, 1.165) is 17.8 Å². The van der Waals surface area contributed by atoms with Crippen LogP contribution in [0.4, 0.5) is 0 Å². The second-order valence-corrected chi connectivity index (χ2v) is 6.59. The molecule has 0 aromatic rings. The Balaban J connectivity index is 3.74. The maximum atomic E-state index is 2.47. The van der Waals surface area contributed by atoms with Gasteiger partial charge in [0.2, 0.25) is 0 Å². The summed E-state index contributed by atoms with van der Waals surface area (Å²) in [5.41, 5.74) is 0. The summed E-state index contributed by atoms with van der Waals surface area (Å²) >= 11 is 0. The van der Waals surface area contributed by atoms with Crippen molar-refractivity contribution in [1.29, 1.82) is 0 Å². The first-order valence-electron chi connectivity index (χ1n) is 8.63. The quantitative estimate of drug-likeness (QED) is 0.335. The van der Waals surface area contributed by atoms with Gasteiger partial charge in [0.25, 0.3) is 0 Å². The van der Waals surface area contributed by atoms with Crippen LogP contribution in [0.25, 0.3) is 0 Å². The van der Waals surface area contributed by atoms with Gasteiger partial charge in [0, 0.05) is 0 Å². The predicted octanol–water partition coefficient (Wildman–Crippen LogP) is 6.84. The zero-order valence-corrected chi connectivity index (χ0v) is 13.8. The van der Waals surface area contributed by atoms with Crippen molar-refractivity contribution in [2.45, 2.75) is 98.8 Å². The zero-order valence-electron chi connectivity index (χ0n) is 13.8. The molecule has 0 aliphatic rings. The fourth-order valence-electron chi connectivity index (χ4n) is 3.31. The van der Waals surface area contributed by atoms with Gasteiger partial charge in [-0.2, -0.15) is 0 Å². The van der Waals surface area contributed by atoms with Gasteiger partial charge in [0.05, 0.1) is 0 Å². The molecule has 0 radical (unpaired) electrons. The van der Waals surface area contributed by atoms with Crippen LogP contribution in [-0.2, 0) is 0 Å². The molecule has 0 aromatic heterocycles. The van der Waals surface area contributed by atoms with Crippen LogP contribution in [0.5, 0.6) is 0 Å². The monoisotopic (exact) mass is 254 g/mol. The van der Waals surface area contributed by atoms with Crippen molar-refractivity contribution >= 4 is 0 Å². The second kappa shape index (κ2) is 12.1. The molecular weight excluding hydrogens is 216 g/mol. The smallest absolute Gasteiger partial charge is 0.0414 e. The summed E-state index contributed by atoms with van der Waals surface area (Å²) in [5.74, 6) is 2.86. The number of hydrogen-bond acceptors (Lipinski definition) is 0. The molecule has 0 aliphatic carbocycles.